The van der Waals surface area contributed by atoms with Gasteiger partial charge in [-0.1, -0.05) is 5.16 Å². The van der Waals surface area contributed by atoms with E-state index < -0.39 is 29.2 Å². The fourth-order valence-electron chi connectivity index (χ4n) is 3.60. The molecule has 1 unspecified atom stereocenters. The first-order valence-electron chi connectivity index (χ1n) is 10.5. The molecule has 2 atom stereocenters. The molecule has 2 aromatic heterocycles. The number of nitrogens with one attached hydrogen (secondary N) is 1. The van der Waals surface area contributed by atoms with E-state index >= 15 is 0 Å². The Kier molecular flexibility index (Phi) is 7.28. The fourth-order valence-corrected chi connectivity index (χ4v) is 5.37. The second kappa shape index (κ2) is 10.4. The molecule has 13 nitrogen and oxygen atoms in total. The molecular formula is C20H22N8O5S2. The summed E-state index contributed by atoms with van der Waals surface area (Å²) in [6.07, 6.45) is 3.58. The van der Waals surface area contributed by atoms with Crippen LogP contribution in [0.5, 0.6) is 0 Å². The molecule has 4 heterocycles. The molecule has 0 aliphatic carbocycles. The summed E-state index contributed by atoms with van der Waals surface area (Å²) in [6, 6.07) is 2.71. The number of fused-ring (bicyclic) bond motifs is 1. The standard InChI is InChI=1S/C20H22N8O5S2/c1-2-33-25-12(15-24-20(22)35-26-15)16(29)23-13-17(30)28-14(19(31)32)11(9-34-18(13)28)8-27-5-3-10(7-21)4-6-27/h3-6,13,18H,2,7-9,21H2,1H3,(H3-,22,23,24,26,29,31,32)/t13?,18-/m1/s1. The Hall–Kier alpha value is -3.56. The van der Waals surface area contributed by atoms with Crippen LogP contribution in [0.15, 0.2) is 41.0 Å². The van der Waals surface area contributed by atoms with Crippen LogP contribution in [0, 0.1) is 0 Å². The SMILES string of the molecule is CCON=C(C(=O)NC1C(=O)N2C(C(=O)[O-])=C(C[n+]3ccc(CN)cc3)CS[C@H]12)c1nsc(N)n1. The number of thioether (sulfide) groups is 1. The van der Waals surface area contributed by atoms with E-state index in [-0.39, 0.29) is 35.5 Å². The summed E-state index contributed by atoms with van der Waals surface area (Å²) in [6.45, 7) is 2.53. The molecule has 2 aromatic rings. The van der Waals surface area contributed by atoms with Crippen LogP contribution in [-0.2, 0) is 32.3 Å². The number of aromatic nitrogens is 3. The Labute approximate surface area is 208 Å². The van der Waals surface area contributed by atoms with Crippen LogP contribution in [0.25, 0.3) is 0 Å². The van der Waals surface area contributed by atoms with E-state index in [1.54, 1.807) is 23.9 Å². The van der Waals surface area contributed by atoms with E-state index in [4.69, 9.17) is 16.3 Å². The van der Waals surface area contributed by atoms with Gasteiger partial charge < -0.3 is 31.5 Å². The maximum Gasteiger partial charge on any atom is 0.278 e. The number of hydrogen-bond donors (Lipinski definition) is 3. The van der Waals surface area contributed by atoms with Gasteiger partial charge in [0.05, 0.1) is 11.7 Å². The number of nitrogens with zero attached hydrogens (tertiary/aromatic N) is 5. The number of pyridine rings is 1. The highest BCUT2D eigenvalue weighted by molar-refractivity contribution is 8.00. The van der Waals surface area contributed by atoms with Crippen molar-refractivity contribution in [2.75, 3.05) is 18.1 Å². The molecule has 1 fully saturated rings. The number of oxime groups is 1. The number of carbonyl (C=O) groups excluding carboxylic acids is 3. The zero-order valence-corrected chi connectivity index (χ0v) is 20.2. The first kappa shape index (κ1) is 24.6. The molecule has 5 N–H and O–H groups in total. The molecule has 15 heteroatoms. The first-order chi connectivity index (χ1) is 16.8. The number of β-lactam (4-membered cyclic amide) rings is 1. The van der Waals surface area contributed by atoms with Crippen LogP contribution in [0.3, 0.4) is 0 Å². The van der Waals surface area contributed by atoms with Crippen LogP contribution >= 0.6 is 23.3 Å². The minimum absolute atomic E-state index is 0.0336. The van der Waals surface area contributed by atoms with Crippen molar-refractivity contribution in [2.24, 2.45) is 10.9 Å². The highest BCUT2D eigenvalue weighted by Gasteiger charge is 2.53. The number of amides is 2. The van der Waals surface area contributed by atoms with E-state index in [2.05, 4.69) is 19.8 Å². The zero-order valence-electron chi connectivity index (χ0n) is 18.5. The van der Waals surface area contributed by atoms with Gasteiger partial charge in [0.2, 0.25) is 11.5 Å². The van der Waals surface area contributed by atoms with Gasteiger partial charge in [-0.2, -0.15) is 9.36 Å². The van der Waals surface area contributed by atoms with Gasteiger partial charge in [-0.3, -0.25) is 14.5 Å². The smallest absolute Gasteiger partial charge is 0.278 e. The Bertz CT molecular complexity index is 1210. The summed E-state index contributed by atoms with van der Waals surface area (Å²) in [5.74, 6) is -2.47. The lowest BCUT2D eigenvalue weighted by Crippen LogP contribution is -2.71. The highest BCUT2D eigenvalue weighted by atomic mass is 32.2. The van der Waals surface area contributed by atoms with Crippen molar-refractivity contribution in [3.63, 3.8) is 0 Å². The van der Waals surface area contributed by atoms with E-state index in [0.717, 1.165) is 22.0 Å². The molecule has 35 heavy (non-hydrogen) atoms. The van der Waals surface area contributed by atoms with Gasteiger partial charge in [-0.25, -0.2) is 4.57 Å². The normalized spacial score (nSPS) is 19.8. The Morgan fingerprint density at radius 3 is 2.74 bits per heavy atom. The third-order valence-corrected chi connectivity index (χ3v) is 7.13. The Morgan fingerprint density at radius 1 is 1.40 bits per heavy atom. The van der Waals surface area contributed by atoms with E-state index in [0.29, 0.717) is 17.9 Å². The Balaban J connectivity index is 1.52. The minimum Gasteiger partial charge on any atom is -0.543 e. The number of carboxylic acids is 1. The number of carbonyl (C=O) groups is 3. The van der Waals surface area contributed by atoms with Crippen molar-refractivity contribution < 1.29 is 28.9 Å². The lowest BCUT2D eigenvalue weighted by atomic mass is 10.0. The van der Waals surface area contributed by atoms with Gasteiger partial charge in [0.15, 0.2) is 24.1 Å². The highest BCUT2D eigenvalue weighted by Crippen LogP contribution is 2.40. The van der Waals surface area contributed by atoms with Crippen molar-refractivity contribution in [1.82, 2.24) is 19.6 Å². The van der Waals surface area contributed by atoms with Crippen molar-refractivity contribution in [3.8, 4) is 0 Å². The molecule has 2 aliphatic rings. The molecule has 0 bridgehead atoms. The lowest BCUT2D eigenvalue weighted by molar-refractivity contribution is -0.689. The summed E-state index contributed by atoms with van der Waals surface area (Å²) < 4.78 is 5.76. The predicted octanol–water partition coefficient (Wildman–Crippen LogP) is -2.29. The molecular weight excluding hydrogens is 496 g/mol. The van der Waals surface area contributed by atoms with Crippen LogP contribution < -0.4 is 26.5 Å². The summed E-state index contributed by atoms with van der Waals surface area (Å²) >= 11 is 2.22. The number of hydrogen-bond acceptors (Lipinski definition) is 12. The van der Waals surface area contributed by atoms with Crippen molar-refractivity contribution in [3.05, 3.63) is 47.2 Å². The van der Waals surface area contributed by atoms with Crippen LogP contribution in [0.4, 0.5) is 5.13 Å². The van der Waals surface area contributed by atoms with E-state index in [9.17, 15) is 19.5 Å². The van der Waals surface area contributed by atoms with Crippen LogP contribution in [0.2, 0.25) is 0 Å². The molecule has 184 valence electrons. The van der Waals surface area contributed by atoms with Crippen LogP contribution in [0.1, 0.15) is 18.3 Å². The van der Waals surface area contributed by atoms with E-state index in [1.165, 1.54) is 11.8 Å². The van der Waals surface area contributed by atoms with Crippen molar-refractivity contribution >= 4 is 51.9 Å². The Morgan fingerprint density at radius 2 is 2.14 bits per heavy atom. The molecule has 0 radical (unpaired) electrons. The summed E-state index contributed by atoms with van der Waals surface area (Å²) in [5.41, 5.74) is 12.3. The quantitative estimate of drug-likeness (QED) is 0.141. The monoisotopic (exact) mass is 518 g/mol. The number of carboxylic acid groups (broad SMARTS) is 1. The minimum atomic E-state index is -1.46. The number of nitrogen functional groups attached to an aromatic ring is 1. The van der Waals surface area contributed by atoms with Gasteiger partial charge in [-0.15, -0.1) is 11.8 Å². The molecule has 0 spiro atoms. The van der Waals surface area contributed by atoms with Gasteiger partial charge in [0, 0.05) is 41.5 Å². The number of aliphatic carboxylic acids is 1. The van der Waals surface area contributed by atoms with Gasteiger partial charge in [0.1, 0.15) is 18.0 Å². The molecule has 2 aliphatic heterocycles. The van der Waals surface area contributed by atoms with Crippen molar-refractivity contribution in [1.29, 1.82) is 0 Å². The third-order valence-electron chi connectivity index (χ3n) is 5.25. The number of rotatable bonds is 9. The van der Waals surface area contributed by atoms with Crippen LogP contribution in [-0.4, -0.2) is 61.5 Å². The maximum atomic E-state index is 12.9. The topological polar surface area (TPSA) is 193 Å². The third kappa shape index (κ3) is 4.96. The lowest BCUT2D eigenvalue weighted by Gasteiger charge is -2.50. The molecule has 4 rings (SSSR count). The first-order valence-corrected chi connectivity index (χ1v) is 12.3. The summed E-state index contributed by atoms with van der Waals surface area (Å²) in [5, 5.41) is 17.8. The predicted molar refractivity (Wildman–Crippen MR) is 124 cm³/mol. The molecule has 0 saturated carbocycles. The van der Waals surface area contributed by atoms with Crippen molar-refractivity contribution in [2.45, 2.75) is 31.4 Å². The maximum absolute atomic E-state index is 12.9. The number of anilines is 1. The van der Waals surface area contributed by atoms with Gasteiger partial charge in [0.25, 0.3) is 11.8 Å². The molecule has 1 saturated heterocycles. The molecule has 2 amide bonds. The number of nitrogens with two attached hydrogens (primary N) is 2. The summed E-state index contributed by atoms with van der Waals surface area (Å²) in [4.78, 5) is 47.9. The summed E-state index contributed by atoms with van der Waals surface area (Å²) in [7, 11) is 0. The zero-order chi connectivity index (χ0) is 25.1. The second-order valence-corrected chi connectivity index (χ2v) is 9.39. The van der Waals surface area contributed by atoms with Gasteiger partial charge in [-0.05, 0) is 12.5 Å². The fraction of sp³-hybridized carbons (Fsp3) is 0.350. The average Bonchev–Trinajstić information content (AvgIpc) is 3.28. The van der Waals surface area contributed by atoms with E-state index in [1.807, 2.05) is 12.1 Å². The van der Waals surface area contributed by atoms with Gasteiger partial charge >= 0.3 is 0 Å². The largest absolute Gasteiger partial charge is 0.543 e. The average molecular weight is 519 g/mol. The second-order valence-electron chi connectivity index (χ2n) is 7.50. The molecule has 0 aromatic carbocycles.